The Balaban J connectivity index is 1.99. The van der Waals surface area contributed by atoms with Crippen LogP contribution in [0.3, 0.4) is 0 Å². The first-order chi connectivity index (χ1) is 8.59. The number of nitrogen functional groups attached to an aromatic ring is 1. The van der Waals surface area contributed by atoms with Crippen LogP contribution < -0.4 is 5.73 Å². The molecule has 1 heterocycles. The molecule has 1 aliphatic heterocycles. The highest BCUT2D eigenvalue weighted by Gasteiger charge is 2.28. The number of cyclic esters (lactones) is 1. The van der Waals surface area contributed by atoms with Gasteiger partial charge in [-0.15, -0.1) is 11.8 Å². The van der Waals surface area contributed by atoms with E-state index in [1.807, 2.05) is 0 Å². The van der Waals surface area contributed by atoms with Crippen LogP contribution in [0.5, 0.6) is 0 Å². The Morgan fingerprint density at radius 2 is 2.33 bits per heavy atom. The number of benzene rings is 1. The molecule has 1 saturated heterocycles. The SMILES string of the molecule is Nc1cccc(Cl)c1SCC(=O)N1CCOC1=O. The Labute approximate surface area is 113 Å². The summed E-state index contributed by atoms with van der Waals surface area (Å²) in [6.45, 7) is 0.555. The number of amides is 2. The van der Waals surface area contributed by atoms with Crippen LogP contribution in [0.15, 0.2) is 23.1 Å². The number of anilines is 1. The molecular formula is C11H11ClN2O3S. The average molecular weight is 287 g/mol. The highest BCUT2D eigenvalue weighted by atomic mass is 35.5. The van der Waals surface area contributed by atoms with Gasteiger partial charge < -0.3 is 10.5 Å². The van der Waals surface area contributed by atoms with Gasteiger partial charge in [-0.2, -0.15) is 0 Å². The predicted molar refractivity (Wildman–Crippen MR) is 69.6 cm³/mol. The predicted octanol–water partition coefficient (Wildman–Crippen LogP) is 1.99. The van der Waals surface area contributed by atoms with E-state index in [4.69, 9.17) is 22.1 Å². The molecule has 2 N–H and O–H groups in total. The van der Waals surface area contributed by atoms with Gasteiger partial charge in [0.2, 0.25) is 5.91 Å². The summed E-state index contributed by atoms with van der Waals surface area (Å²) < 4.78 is 4.69. The molecule has 0 aliphatic carbocycles. The van der Waals surface area contributed by atoms with Crippen molar-refractivity contribution in [1.82, 2.24) is 4.90 Å². The molecule has 0 saturated carbocycles. The zero-order chi connectivity index (χ0) is 13.1. The second-order valence-corrected chi connectivity index (χ2v) is 5.00. The van der Waals surface area contributed by atoms with Gasteiger partial charge in [0.15, 0.2) is 0 Å². The van der Waals surface area contributed by atoms with Gasteiger partial charge >= 0.3 is 6.09 Å². The van der Waals surface area contributed by atoms with Crippen molar-refractivity contribution in [2.45, 2.75) is 4.90 Å². The molecule has 7 heteroatoms. The van der Waals surface area contributed by atoms with E-state index in [1.165, 1.54) is 11.8 Å². The molecule has 1 aliphatic rings. The number of ether oxygens (including phenoxy) is 1. The number of imide groups is 1. The van der Waals surface area contributed by atoms with E-state index in [0.717, 1.165) is 4.90 Å². The monoisotopic (exact) mass is 286 g/mol. The van der Waals surface area contributed by atoms with Crippen molar-refractivity contribution in [3.05, 3.63) is 23.2 Å². The van der Waals surface area contributed by atoms with Gasteiger partial charge in [-0.25, -0.2) is 9.69 Å². The van der Waals surface area contributed by atoms with Crippen LogP contribution >= 0.6 is 23.4 Å². The van der Waals surface area contributed by atoms with Crippen molar-refractivity contribution >= 4 is 41.1 Å². The standard InChI is InChI=1S/C11H11ClN2O3S/c12-7-2-1-3-8(13)10(7)18-6-9(15)14-4-5-17-11(14)16/h1-3H,4-6,13H2. The summed E-state index contributed by atoms with van der Waals surface area (Å²) in [5.74, 6) is -0.204. The van der Waals surface area contributed by atoms with E-state index in [-0.39, 0.29) is 18.3 Å². The van der Waals surface area contributed by atoms with E-state index in [9.17, 15) is 9.59 Å². The first-order valence-corrected chi connectivity index (χ1v) is 6.60. The molecule has 1 fully saturated rings. The van der Waals surface area contributed by atoms with Gasteiger partial charge in [0.05, 0.1) is 17.3 Å². The van der Waals surface area contributed by atoms with E-state index in [1.54, 1.807) is 18.2 Å². The second kappa shape index (κ2) is 5.49. The van der Waals surface area contributed by atoms with Gasteiger partial charge in [0, 0.05) is 10.6 Å². The fraction of sp³-hybridized carbons (Fsp3) is 0.273. The maximum absolute atomic E-state index is 11.8. The number of nitrogens with two attached hydrogens (primary N) is 1. The molecule has 1 aromatic rings. The first kappa shape index (κ1) is 13.0. The maximum atomic E-state index is 11.8. The smallest absolute Gasteiger partial charge is 0.416 e. The van der Waals surface area contributed by atoms with Crippen LogP contribution in [-0.2, 0) is 9.53 Å². The Morgan fingerprint density at radius 1 is 1.56 bits per heavy atom. The van der Waals surface area contributed by atoms with Crippen molar-refractivity contribution < 1.29 is 14.3 Å². The number of nitrogens with zero attached hydrogens (tertiary/aromatic N) is 1. The number of carbonyl (C=O) groups excluding carboxylic acids is 2. The maximum Gasteiger partial charge on any atom is 0.416 e. The van der Waals surface area contributed by atoms with E-state index < -0.39 is 6.09 Å². The van der Waals surface area contributed by atoms with Gasteiger partial charge in [-0.3, -0.25) is 4.79 Å². The zero-order valence-corrected chi connectivity index (χ0v) is 11.0. The van der Waals surface area contributed by atoms with Crippen LogP contribution in [0.4, 0.5) is 10.5 Å². The van der Waals surface area contributed by atoms with Crippen molar-refractivity contribution in [2.75, 3.05) is 24.6 Å². The molecule has 96 valence electrons. The van der Waals surface area contributed by atoms with Crippen LogP contribution in [-0.4, -0.2) is 35.8 Å². The van der Waals surface area contributed by atoms with Gasteiger partial charge in [0.1, 0.15) is 6.61 Å². The Hall–Kier alpha value is -1.40. The number of hydrogen-bond acceptors (Lipinski definition) is 5. The molecule has 2 amide bonds. The number of rotatable bonds is 3. The summed E-state index contributed by atoms with van der Waals surface area (Å²) in [5.41, 5.74) is 6.28. The van der Waals surface area contributed by atoms with Crippen molar-refractivity contribution in [3.63, 3.8) is 0 Å². The van der Waals surface area contributed by atoms with Crippen LogP contribution in [0, 0.1) is 0 Å². The molecular weight excluding hydrogens is 276 g/mol. The summed E-state index contributed by atoms with van der Waals surface area (Å²) >= 11 is 7.20. The van der Waals surface area contributed by atoms with Gasteiger partial charge in [-0.05, 0) is 12.1 Å². The van der Waals surface area contributed by atoms with Gasteiger partial charge in [-0.1, -0.05) is 17.7 Å². The van der Waals surface area contributed by atoms with Gasteiger partial charge in [0.25, 0.3) is 0 Å². The summed E-state index contributed by atoms with van der Waals surface area (Å²) in [6, 6.07) is 5.15. The minimum absolute atomic E-state index is 0.100. The van der Waals surface area contributed by atoms with E-state index in [0.29, 0.717) is 22.2 Å². The Morgan fingerprint density at radius 3 is 2.94 bits per heavy atom. The molecule has 0 radical (unpaired) electrons. The lowest BCUT2D eigenvalue weighted by Crippen LogP contribution is -2.33. The largest absolute Gasteiger partial charge is 0.447 e. The number of thioether (sulfide) groups is 1. The minimum atomic E-state index is -0.590. The van der Waals surface area contributed by atoms with Crippen LogP contribution in [0.2, 0.25) is 5.02 Å². The third kappa shape index (κ3) is 2.70. The van der Waals surface area contributed by atoms with E-state index in [2.05, 4.69) is 0 Å². The highest BCUT2D eigenvalue weighted by molar-refractivity contribution is 8.00. The highest BCUT2D eigenvalue weighted by Crippen LogP contribution is 2.32. The molecule has 0 aromatic heterocycles. The molecule has 18 heavy (non-hydrogen) atoms. The Bertz CT molecular complexity index is 475. The normalized spacial score (nSPS) is 14.7. The summed E-state index contributed by atoms with van der Waals surface area (Å²) in [6.07, 6.45) is -0.590. The quantitative estimate of drug-likeness (QED) is 0.679. The third-order valence-electron chi connectivity index (χ3n) is 2.40. The first-order valence-electron chi connectivity index (χ1n) is 5.23. The molecule has 0 spiro atoms. The fourth-order valence-corrected chi connectivity index (χ4v) is 2.72. The van der Waals surface area contributed by atoms with Crippen molar-refractivity contribution in [2.24, 2.45) is 0 Å². The molecule has 5 nitrogen and oxygen atoms in total. The summed E-state index contributed by atoms with van der Waals surface area (Å²) in [7, 11) is 0. The number of carbonyl (C=O) groups is 2. The summed E-state index contributed by atoms with van der Waals surface area (Å²) in [4.78, 5) is 24.7. The molecule has 0 unspecified atom stereocenters. The third-order valence-corrected chi connectivity index (χ3v) is 3.96. The lowest BCUT2D eigenvalue weighted by Gasteiger charge is -2.11. The van der Waals surface area contributed by atoms with Crippen molar-refractivity contribution in [1.29, 1.82) is 0 Å². The Kier molecular flexibility index (Phi) is 3.98. The summed E-state index contributed by atoms with van der Waals surface area (Å²) in [5, 5.41) is 0.497. The molecule has 0 bridgehead atoms. The van der Waals surface area contributed by atoms with Crippen LogP contribution in [0.1, 0.15) is 0 Å². The van der Waals surface area contributed by atoms with E-state index >= 15 is 0 Å². The molecule has 2 rings (SSSR count). The second-order valence-electron chi connectivity index (χ2n) is 3.61. The fourth-order valence-electron chi connectivity index (χ4n) is 1.51. The molecule has 1 aromatic carbocycles. The van der Waals surface area contributed by atoms with Crippen molar-refractivity contribution in [3.8, 4) is 0 Å². The minimum Gasteiger partial charge on any atom is -0.447 e. The zero-order valence-electron chi connectivity index (χ0n) is 9.39. The average Bonchev–Trinajstić information content (AvgIpc) is 2.74. The number of hydrogen-bond donors (Lipinski definition) is 1. The molecule has 0 atom stereocenters. The van der Waals surface area contributed by atoms with Crippen LogP contribution in [0.25, 0.3) is 0 Å². The lowest BCUT2D eigenvalue weighted by molar-refractivity contribution is -0.124. The number of halogens is 1. The topological polar surface area (TPSA) is 72.6 Å². The lowest BCUT2D eigenvalue weighted by atomic mass is 10.3.